The van der Waals surface area contributed by atoms with Crippen LogP contribution >= 0.6 is 0 Å². The number of nitrogens with zero attached hydrogens (tertiary/aromatic N) is 1. The topological polar surface area (TPSA) is 49.4 Å². The molecule has 0 aliphatic carbocycles. The van der Waals surface area contributed by atoms with Crippen molar-refractivity contribution in [2.24, 2.45) is 0 Å². The third-order valence-corrected chi connectivity index (χ3v) is 2.61. The van der Waals surface area contributed by atoms with Crippen LogP contribution in [0.3, 0.4) is 0 Å². The summed E-state index contributed by atoms with van der Waals surface area (Å²) in [7, 11) is 0. The van der Waals surface area contributed by atoms with Crippen molar-refractivity contribution in [1.29, 1.82) is 0 Å². The summed E-state index contributed by atoms with van der Waals surface area (Å²) in [5.41, 5.74) is -0.875. The fourth-order valence-electron chi connectivity index (χ4n) is 1.67. The molecule has 0 spiro atoms. The van der Waals surface area contributed by atoms with Crippen molar-refractivity contribution >= 4 is 11.8 Å². The van der Waals surface area contributed by atoms with Gasteiger partial charge in [-0.15, -0.1) is 0 Å². The second kappa shape index (κ2) is 4.16. The lowest BCUT2D eigenvalue weighted by molar-refractivity contribution is -0.152. The number of piperazine rings is 1. The van der Waals surface area contributed by atoms with Gasteiger partial charge in [-0.1, -0.05) is 0 Å². The van der Waals surface area contributed by atoms with Gasteiger partial charge in [0.2, 0.25) is 11.8 Å². The Morgan fingerprint density at radius 1 is 1.47 bits per heavy atom. The Labute approximate surface area is 88.8 Å². The van der Waals surface area contributed by atoms with E-state index in [1.165, 1.54) is 4.90 Å². The van der Waals surface area contributed by atoms with E-state index in [0.717, 1.165) is 0 Å². The van der Waals surface area contributed by atoms with Crippen LogP contribution in [0, 0.1) is 0 Å². The molecule has 0 saturated carbocycles. The van der Waals surface area contributed by atoms with E-state index in [1.807, 2.05) is 0 Å². The van der Waals surface area contributed by atoms with Crippen LogP contribution in [-0.4, -0.2) is 41.5 Å². The van der Waals surface area contributed by atoms with Gasteiger partial charge in [-0.25, -0.2) is 0 Å². The van der Waals surface area contributed by atoms with Crippen molar-refractivity contribution in [3.63, 3.8) is 0 Å². The molecule has 0 radical (unpaired) electrons. The zero-order valence-corrected chi connectivity index (χ0v) is 9.34. The summed E-state index contributed by atoms with van der Waals surface area (Å²) in [6.07, 6.45) is 0.277. The van der Waals surface area contributed by atoms with Crippen molar-refractivity contribution in [1.82, 2.24) is 10.2 Å². The summed E-state index contributed by atoms with van der Waals surface area (Å²) in [6, 6.07) is -0.503. The molecule has 1 N–H and O–H groups in total. The minimum Gasteiger partial charge on any atom is -0.340 e. The molecular weight excluding hydrogens is 199 g/mol. The van der Waals surface area contributed by atoms with Gasteiger partial charge in [0, 0.05) is 6.54 Å². The Kier molecular flexibility index (Phi) is 3.31. The number of carbonyl (C=O) groups is 2. The van der Waals surface area contributed by atoms with Gasteiger partial charge in [-0.05, 0) is 27.2 Å². The van der Waals surface area contributed by atoms with Crippen molar-refractivity contribution < 1.29 is 14.0 Å². The van der Waals surface area contributed by atoms with Crippen LogP contribution in [0.1, 0.15) is 27.2 Å². The molecule has 1 atom stereocenters. The summed E-state index contributed by atoms with van der Waals surface area (Å²) < 4.78 is 12.1. The van der Waals surface area contributed by atoms with E-state index in [0.29, 0.717) is 6.54 Å². The van der Waals surface area contributed by atoms with Gasteiger partial charge in [-0.3, -0.25) is 14.0 Å². The molecule has 1 fully saturated rings. The standard InChI is InChI=1S/C10H17FN2O2/c1-7-8(14)12-10(2,3)9(15)13(7)6-4-5-11/h7H,4-6H2,1-3H3,(H,12,14). The van der Waals surface area contributed by atoms with E-state index in [-0.39, 0.29) is 18.2 Å². The van der Waals surface area contributed by atoms with Crippen LogP contribution in [-0.2, 0) is 9.59 Å². The normalized spacial score (nSPS) is 25.3. The Morgan fingerprint density at radius 3 is 2.60 bits per heavy atom. The number of hydrogen-bond donors (Lipinski definition) is 1. The van der Waals surface area contributed by atoms with Crippen LogP contribution in [0.4, 0.5) is 4.39 Å². The maximum Gasteiger partial charge on any atom is 0.248 e. The third kappa shape index (κ3) is 2.27. The van der Waals surface area contributed by atoms with Crippen LogP contribution in [0.5, 0.6) is 0 Å². The van der Waals surface area contributed by atoms with E-state index < -0.39 is 18.3 Å². The van der Waals surface area contributed by atoms with Crippen molar-refractivity contribution in [2.45, 2.75) is 38.8 Å². The van der Waals surface area contributed by atoms with E-state index in [9.17, 15) is 14.0 Å². The van der Waals surface area contributed by atoms with Gasteiger partial charge in [0.1, 0.15) is 11.6 Å². The van der Waals surface area contributed by atoms with Gasteiger partial charge < -0.3 is 10.2 Å². The Bertz CT molecular complexity index is 279. The molecule has 1 rings (SSSR count). The molecule has 0 bridgehead atoms. The van der Waals surface area contributed by atoms with Crippen LogP contribution in [0.2, 0.25) is 0 Å². The number of hydrogen-bond acceptors (Lipinski definition) is 2. The van der Waals surface area contributed by atoms with Crippen LogP contribution in [0.15, 0.2) is 0 Å². The van der Waals surface area contributed by atoms with Gasteiger partial charge >= 0.3 is 0 Å². The number of rotatable bonds is 3. The summed E-state index contributed by atoms with van der Waals surface area (Å²) in [4.78, 5) is 24.9. The molecule has 1 unspecified atom stereocenters. The molecule has 1 heterocycles. The number of carbonyl (C=O) groups excluding carboxylic acids is 2. The maximum atomic E-state index is 12.1. The third-order valence-electron chi connectivity index (χ3n) is 2.61. The van der Waals surface area contributed by atoms with E-state index >= 15 is 0 Å². The molecule has 0 aromatic carbocycles. The second-order valence-corrected chi connectivity index (χ2v) is 4.33. The largest absolute Gasteiger partial charge is 0.340 e. The van der Waals surface area contributed by atoms with Gasteiger partial charge in [0.25, 0.3) is 0 Å². The SMILES string of the molecule is CC1C(=O)NC(C)(C)C(=O)N1CCCF. The first-order valence-electron chi connectivity index (χ1n) is 5.09. The Balaban J connectivity index is 2.81. The highest BCUT2D eigenvalue weighted by Crippen LogP contribution is 2.17. The van der Waals surface area contributed by atoms with E-state index in [2.05, 4.69) is 5.32 Å². The van der Waals surface area contributed by atoms with Crippen LogP contribution in [0.25, 0.3) is 0 Å². The predicted octanol–water partition coefficient (Wildman–Crippen LogP) is 0.471. The number of amides is 2. The highest BCUT2D eigenvalue weighted by atomic mass is 19.1. The summed E-state index contributed by atoms with van der Waals surface area (Å²) >= 11 is 0. The molecule has 2 amide bonds. The predicted molar refractivity (Wildman–Crippen MR) is 54.0 cm³/mol. The highest BCUT2D eigenvalue weighted by molar-refractivity contribution is 5.99. The summed E-state index contributed by atoms with van der Waals surface area (Å²) in [5, 5.41) is 2.64. The zero-order chi connectivity index (χ0) is 11.6. The monoisotopic (exact) mass is 216 g/mol. The van der Waals surface area contributed by atoms with Crippen LogP contribution < -0.4 is 5.32 Å². The molecular formula is C10H17FN2O2. The minimum atomic E-state index is -0.875. The minimum absolute atomic E-state index is 0.150. The number of halogens is 1. The summed E-state index contributed by atoms with van der Waals surface area (Å²) in [6.45, 7) is 4.79. The molecule has 5 heteroatoms. The first-order valence-corrected chi connectivity index (χ1v) is 5.09. The average molecular weight is 216 g/mol. The lowest BCUT2D eigenvalue weighted by Crippen LogP contribution is -2.67. The van der Waals surface area contributed by atoms with Crippen molar-refractivity contribution in [2.75, 3.05) is 13.2 Å². The molecule has 0 aromatic rings. The van der Waals surface area contributed by atoms with E-state index in [1.54, 1.807) is 20.8 Å². The Hall–Kier alpha value is -1.13. The molecule has 4 nitrogen and oxygen atoms in total. The lowest BCUT2D eigenvalue weighted by Gasteiger charge is -2.41. The molecule has 15 heavy (non-hydrogen) atoms. The van der Waals surface area contributed by atoms with Crippen molar-refractivity contribution in [3.8, 4) is 0 Å². The first-order chi connectivity index (χ1) is 6.90. The molecule has 1 aliphatic rings. The quantitative estimate of drug-likeness (QED) is 0.745. The molecule has 1 aliphatic heterocycles. The first kappa shape index (κ1) is 11.9. The molecule has 0 aromatic heterocycles. The summed E-state index contributed by atoms with van der Waals surface area (Å²) in [5.74, 6) is -0.332. The van der Waals surface area contributed by atoms with Gasteiger partial charge in [-0.2, -0.15) is 0 Å². The number of nitrogens with one attached hydrogen (secondary N) is 1. The zero-order valence-electron chi connectivity index (χ0n) is 9.34. The highest BCUT2D eigenvalue weighted by Gasteiger charge is 2.42. The second-order valence-electron chi connectivity index (χ2n) is 4.33. The number of alkyl halides is 1. The van der Waals surface area contributed by atoms with E-state index in [4.69, 9.17) is 0 Å². The fourth-order valence-corrected chi connectivity index (χ4v) is 1.67. The molecule has 86 valence electrons. The van der Waals surface area contributed by atoms with Gasteiger partial charge in [0.05, 0.1) is 6.67 Å². The molecule has 1 saturated heterocycles. The van der Waals surface area contributed by atoms with Gasteiger partial charge in [0.15, 0.2) is 0 Å². The Morgan fingerprint density at radius 2 is 2.07 bits per heavy atom. The lowest BCUT2D eigenvalue weighted by atomic mass is 9.97. The maximum absolute atomic E-state index is 12.1. The smallest absolute Gasteiger partial charge is 0.248 e. The van der Waals surface area contributed by atoms with Crippen molar-refractivity contribution in [3.05, 3.63) is 0 Å². The average Bonchev–Trinajstić information content (AvgIpc) is 2.15. The fraction of sp³-hybridized carbons (Fsp3) is 0.800.